The SMILES string of the molecule is COc1ccc(C=NO)c(F)c1-c1cc2c(cc1C)C(C)(C)CCC2(C)C. The molecule has 3 nitrogen and oxygen atoms in total. The molecule has 1 N–H and O–H groups in total. The molecule has 27 heavy (non-hydrogen) atoms. The predicted molar refractivity (Wildman–Crippen MR) is 108 cm³/mol. The van der Waals surface area contributed by atoms with Crippen molar-refractivity contribution >= 4 is 6.21 Å². The molecule has 4 heteroatoms. The predicted octanol–water partition coefficient (Wildman–Crippen LogP) is 5.97. The van der Waals surface area contributed by atoms with Gasteiger partial charge in [-0.05, 0) is 71.0 Å². The zero-order valence-corrected chi connectivity index (χ0v) is 17.0. The van der Waals surface area contributed by atoms with Crippen molar-refractivity contribution in [2.75, 3.05) is 7.11 Å². The second kappa shape index (κ2) is 6.66. The van der Waals surface area contributed by atoms with E-state index in [2.05, 4.69) is 45.0 Å². The molecule has 2 aromatic rings. The van der Waals surface area contributed by atoms with Gasteiger partial charge >= 0.3 is 0 Å². The second-order valence-corrected chi connectivity index (χ2v) is 8.77. The first-order valence-electron chi connectivity index (χ1n) is 9.32. The van der Waals surface area contributed by atoms with Gasteiger partial charge in [0.15, 0.2) is 0 Å². The van der Waals surface area contributed by atoms with E-state index < -0.39 is 5.82 Å². The summed E-state index contributed by atoms with van der Waals surface area (Å²) in [7, 11) is 1.54. The van der Waals surface area contributed by atoms with Crippen molar-refractivity contribution in [3.63, 3.8) is 0 Å². The summed E-state index contributed by atoms with van der Waals surface area (Å²) in [4.78, 5) is 0. The minimum Gasteiger partial charge on any atom is -0.496 e. The molecule has 0 fully saturated rings. The molecule has 0 bridgehead atoms. The molecule has 0 saturated heterocycles. The summed E-state index contributed by atoms with van der Waals surface area (Å²) in [5, 5.41) is 11.8. The Hall–Kier alpha value is -2.36. The molecule has 0 amide bonds. The summed E-state index contributed by atoms with van der Waals surface area (Å²) >= 11 is 0. The van der Waals surface area contributed by atoms with Gasteiger partial charge in [-0.3, -0.25) is 0 Å². The monoisotopic (exact) mass is 369 g/mol. The van der Waals surface area contributed by atoms with Crippen LogP contribution < -0.4 is 4.74 Å². The highest BCUT2D eigenvalue weighted by Crippen LogP contribution is 2.48. The number of hydrogen-bond acceptors (Lipinski definition) is 3. The molecule has 0 radical (unpaired) electrons. The van der Waals surface area contributed by atoms with Crippen molar-refractivity contribution in [3.05, 3.63) is 52.3 Å². The highest BCUT2D eigenvalue weighted by molar-refractivity contribution is 5.86. The van der Waals surface area contributed by atoms with Crippen LogP contribution in [0.2, 0.25) is 0 Å². The topological polar surface area (TPSA) is 41.8 Å². The Morgan fingerprint density at radius 1 is 1.07 bits per heavy atom. The molecule has 0 saturated carbocycles. The molecule has 0 heterocycles. The fourth-order valence-corrected chi connectivity index (χ4v) is 4.15. The fraction of sp³-hybridized carbons (Fsp3) is 0.435. The van der Waals surface area contributed by atoms with Crippen molar-refractivity contribution in [1.82, 2.24) is 0 Å². The summed E-state index contributed by atoms with van der Waals surface area (Å²) in [5.74, 6) is 0.0293. The lowest BCUT2D eigenvalue weighted by Gasteiger charge is -2.42. The number of nitrogens with zero attached hydrogens (tertiary/aromatic N) is 1. The summed E-state index contributed by atoms with van der Waals surface area (Å²) in [6, 6.07) is 7.60. The third kappa shape index (κ3) is 3.22. The molecular weight excluding hydrogens is 341 g/mol. The minimum atomic E-state index is -0.442. The van der Waals surface area contributed by atoms with Crippen molar-refractivity contribution in [2.24, 2.45) is 5.16 Å². The summed E-state index contributed by atoms with van der Waals surface area (Å²) in [5.41, 5.74) is 5.20. The first-order chi connectivity index (χ1) is 12.6. The number of methoxy groups -OCH3 is 1. The summed E-state index contributed by atoms with van der Waals surface area (Å²) in [6.07, 6.45) is 3.33. The molecule has 2 aromatic carbocycles. The van der Waals surface area contributed by atoms with Crippen LogP contribution in [0.1, 0.15) is 62.8 Å². The molecule has 1 aliphatic rings. The maximum Gasteiger partial charge on any atom is 0.143 e. The molecule has 0 unspecified atom stereocenters. The summed E-state index contributed by atoms with van der Waals surface area (Å²) in [6.45, 7) is 11.1. The number of fused-ring (bicyclic) bond motifs is 1. The Kier molecular flexibility index (Phi) is 4.79. The maximum absolute atomic E-state index is 15.3. The van der Waals surface area contributed by atoms with Gasteiger partial charge in [0.25, 0.3) is 0 Å². The van der Waals surface area contributed by atoms with Gasteiger partial charge in [-0.1, -0.05) is 38.9 Å². The maximum atomic E-state index is 15.3. The smallest absolute Gasteiger partial charge is 0.143 e. The fourth-order valence-electron chi connectivity index (χ4n) is 4.15. The third-order valence-corrected chi connectivity index (χ3v) is 6.02. The van der Waals surface area contributed by atoms with Crippen LogP contribution in [-0.4, -0.2) is 18.5 Å². The molecule has 3 rings (SSSR count). The van der Waals surface area contributed by atoms with E-state index in [9.17, 15) is 0 Å². The lowest BCUT2D eigenvalue weighted by Crippen LogP contribution is -2.34. The van der Waals surface area contributed by atoms with Crippen LogP contribution in [0.25, 0.3) is 11.1 Å². The number of oxime groups is 1. The largest absolute Gasteiger partial charge is 0.496 e. The number of ether oxygens (including phenoxy) is 1. The highest BCUT2D eigenvalue weighted by atomic mass is 19.1. The normalized spacial score (nSPS) is 17.7. The van der Waals surface area contributed by atoms with Crippen molar-refractivity contribution in [2.45, 2.75) is 58.3 Å². The lowest BCUT2D eigenvalue weighted by atomic mass is 9.62. The van der Waals surface area contributed by atoms with E-state index in [1.165, 1.54) is 11.1 Å². The first-order valence-corrected chi connectivity index (χ1v) is 9.32. The lowest BCUT2D eigenvalue weighted by molar-refractivity contribution is 0.321. The van der Waals surface area contributed by atoms with Gasteiger partial charge in [0.1, 0.15) is 11.6 Å². The molecule has 144 valence electrons. The molecule has 0 atom stereocenters. The van der Waals surface area contributed by atoms with Gasteiger partial charge in [-0.25, -0.2) is 4.39 Å². The standard InChI is InChI=1S/C23H28FNO2/c1-14-11-17-18(23(4,5)10-9-22(17,2)3)12-16(14)20-19(27-6)8-7-15(13-25-26)21(20)24/h7-8,11-13,26H,9-10H2,1-6H3. The molecule has 0 aromatic heterocycles. The van der Waals surface area contributed by atoms with E-state index in [1.54, 1.807) is 19.2 Å². The van der Waals surface area contributed by atoms with Crippen LogP contribution in [0.5, 0.6) is 5.75 Å². The van der Waals surface area contributed by atoms with Crippen molar-refractivity contribution in [1.29, 1.82) is 0 Å². The van der Waals surface area contributed by atoms with Gasteiger partial charge in [0.2, 0.25) is 0 Å². The van der Waals surface area contributed by atoms with E-state index in [4.69, 9.17) is 9.94 Å². The quantitative estimate of drug-likeness (QED) is 0.412. The van der Waals surface area contributed by atoms with E-state index in [0.29, 0.717) is 11.3 Å². The number of hydrogen-bond donors (Lipinski definition) is 1. The van der Waals surface area contributed by atoms with Gasteiger partial charge in [0, 0.05) is 5.56 Å². The number of halogens is 1. The van der Waals surface area contributed by atoms with Crippen molar-refractivity contribution < 1.29 is 14.3 Å². The van der Waals surface area contributed by atoms with E-state index in [1.807, 2.05) is 6.92 Å². The average Bonchev–Trinajstić information content (AvgIpc) is 2.61. The molecule has 0 aliphatic heterocycles. The Labute approximate surface area is 160 Å². The molecule has 1 aliphatic carbocycles. The number of benzene rings is 2. The van der Waals surface area contributed by atoms with Gasteiger partial charge < -0.3 is 9.94 Å². The van der Waals surface area contributed by atoms with Gasteiger partial charge in [-0.15, -0.1) is 0 Å². The van der Waals surface area contributed by atoms with E-state index in [-0.39, 0.29) is 16.4 Å². The van der Waals surface area contributed by atoms with E-state index in [0.717, 1.165) is 30.2 Å². The third-order valence-electron chi connectivity index (χ3n) is 6.02. The Morgan fingerprint density at radius 3 is 2.22 bits per heavy atom. The zero-order valence-electron chi connectivity index (χ0n) is 17.0. The zero-order chi connectivity index (χ0) is 20.0. The highest BCUT2D eigenvalue weighted by Gasteiger charge is 2.37. The Bertz CT molecular complexity index is 913. The van der Waals surface area contributed by atoms with E-state index >= 15 is 4.39 Å². The average molecular weight is 369 g/mol. The van der Waals surface area contributed by atoms with Gasteiger partial charge in [-0.2, -0.15) is 0 Å². The molecule has 0 spiro atoms. The van der Waals surface area contributed by atoms with Crippen LogP contribution in [0.3, 0.4) is 0 Å². The van der Waals surface area contributed by atoms with Crippen LogP contribution in [0.4, 0.5) is 4.39 Å². The van der Waals surface area contributed by atoms with Crippen molar-refractivity contribution in [3.8, 4) is 16.9 Å². The van der Waals surface area contributed by atoms with Crippen LogP contribution >= 0.6 is 0 Å². The number of aryl methyl sites for hydroxylation is 1. The minimum absolute atomic E-state index is 0.0290. The van der Waals surface area contributed by atoms with Crippen LogP contribution in [-0.2, 0) is 10.8 Å². The number of rotatable bonds is 3. The van der Waals surface area contributed by atoms with Gasteiger partial charge in [0.05, 0.1) is 18.9 Å². The second-order valence-electron chi connectivity index (χ2n) is 8.77. The molecular formula is C23H28FNO2. The Balaban J connectivity index is 2.33. The first kappa shape index (κ1) is 19.4. The van der Waals surface area contributed by atoms with Crippen LogP contribution in [0.15, 0.2) is 29.4 Å². The van der Waals surface area contributed by atoms with Crippen LogP contribution in [0, 0.1) is 12.7 Å². The summed E-state index contributed by atoms with van der Waals surface area (Å²) < 4.78 is 20.7. The Morgan fingerprint density at radius 2 is 1.67 bits per heavy atom.